The van der Waals surface area contributed by atoms with Gasteiger partial charge in [-0.05, 0) is 118 Å². The standard InChI is InChI=1S/C18H54O9Si9/c1-28(2,3)19-34(20-29(4,5)6)25-35(21-30(7,8)9,22-31(10,11)12)27-36(26-34,23-32(13,14)15)24-33(16,17)18/h1-18H3. The summed E-state index contributed by atoms with van der Waals surface area (Å²) in [5.74, 6) is 0. The quantitative estimate of drug-likeness (QED) is 0.218. The van der Waals surface area contributed by atoms with Crippen LogP contribution in [-0.4, -0.2) is 77.0 Å². The summed E-state index contributed by atoms with van der Waals surface area (Å²) >= 11 is 0. The molecule has 36 heavy (non-hydrogen) atoms. The first-order valence-electron chi connectivity index (χ1n) is 12.7. The summed E-state index contributed by atoms with van der Waals surface area (Å²) in [5, 5.41) is 0. The van der Waals surface area contributed by atoms with Crippen molar-refractivity contribution in [1.82, 2.24) is 0 Å². The van der Waals surface area contributed by atoms with E-state index >= 15 is 0 Å². The summed E-state index contributed by atoms with van der Waals surface area (Å²) in [4.78, 5) is 0. The van der Waals surface area contributed by atoms with Gasteiger partial charge in [-0.25, -0.2) is 0 Å². The van der Waals surface area contributed by atoms with Crippen LogP contribution >= 0.6 is 0 Å². The van der Waals surface area contributed by atoms with Crippen LogP contribution in [0, 0.1) is 0 Å². The third kappa shape index (κ3) is 13.8. The molecule has 0 bridgehead atoms. The molecule has 0 unspecified atom stereocenters. The van der Waals surface area contributed by atoms with E-state index in [4.69, 9.17) is 37.0 Å². The molecular weight excluding hydrogens is 613 g/mol. The normalized spacial score (nSPS) is 21.5. The summed E-state index contributed by atoms with van der Waals surface area (Å²) in [7, 11) is -25.3. The van der Waals surface area contributed by atoms with E-state index < -0.39 is 77.0 Å². The van der Waals surface area contributed by atoms with Crippen LogP contribution in [0.1, 0.15) is 0 Å². The lowest BCUT2D eigenvalue weighted by molar-refractivity contribution is -0.0283. The van der Waals surface area contributed by atoms with Gasteiger partial charge in [0.05, 0.1) is 0 Å². The van der Waals surface area contributed by atoms with Crippen molar-refractivity contribution in [2.75, 3.05) is 0 Å². The summed E-state index contributed by atoms with van der Waals surface area (Å²) in [6.07, 6.45) is 0. The first-order chi connectivity index (χ1) is 15.4. The van der Waals surface area contributed by atoms with Crippen molar-refractivity contribution in [2.24, 2.45) is 0 Å². The Labute approximate surface area is 231 Å². The molecule has 0 aromatic carbocycles. The van der Waals surface area contributed by atoms with Gasteiger partial charge < -0.3 is 37.0 Å². The Bertz CT molecular complexity index is 584. The van der Waals surface area contributed by atoms with E-state index in [1.165, 1.54) is 0 Å². The van der Waals surface area contributed by atoms with Crippen molar-refractivity contribution >= 4 is 77.0 Å². The van der Waals surface area contributed by atoms with Gasteiger partial charge in [0.1, 0.15) is 0 Å². The van der Waals surface area contributed by atoms with E-state index in [0.717, 1.165) is 0 Å². The second-order valence-corrected chi connectivity index (χ2v) is 50.8. The maximum Gasteiger partial charge on any atom is 0.646 e. The molecule has 0 aromatic rings. The molecule has 18 heteroatoms. The van der Waals surface area contributed by atoms with E-state index in [1.54, 1.807) is 0 Å². The van der Waals surface area contributed by atoms with Gasteiger partial charge >= 0.3 is 27.1 Å². The maximum absolute atomic E-state index is 6.84. The monoisotopic (exact) mass is 666 g/mol. The molecule has 0 aliphatic carbocycles. The molecule has 0 N–H and O–H groups in total. The first kappa shape index (κ1) is 35.6. The number of hydrogen-bond donors (Lipinski definition) is 0. The Morgan fingerprint density at radius 1 is 0.278 bits per heavy atom. The van der Waals surface area contributed by atoms with Crippen LogP contribution in [0.2, 0.25) is 118 Å². The number of hydrogen-bond acceptors (Lipinski definition) is 9. The zero-order valence-electron chi connectivity index (χ0n) is 26.2. The molecule has 0 amide bonds. The van der Waals surface area contributed by atoms with Crippen LogP contribution in [0.5, 0.6) is 0 Å². The highest BCUT2D eigenvalue weighted by Crippen LogP contribution is 2.41. The van der Waals surface area contributed by atoms with E-state index in [9.17, 15) is 0 Å². The van der Waals surface area contributed by atoms with Gasteiger partial charge in [0.2, 0.25) is 0 Å². The molecule has 1 heterocycles. The summed E-state index contributed by atoms with van der Waals surface area (Å²) in [6.45, 7) is 37.8. The van der Waals surface area contributed by atoms with Crippen molar-refractivity contribution in [3.05, 3.63) is 0 Å². The van der Waals surface area contributed by atoms with Crippen LogP contribution in [0.15, 0.2) is 0 Å². The fraction of sp³-hybridized carbons (Fsp3) is 1.00. The molecule has 216 valence electrons. The Morgan fingerprint density at radius 2 is 0.389 bits per heavy atom. The van der Waals surface area contributed by atoms with Gasteiger partial charge in [-0.15, -0.1) is 0 Å². The minimum Gasteiger partial charge on any atom is -0.396 e. The van der Waals surface area contributed by atoms with Gasteiger partial charge in [-0.1, -0.05) is 0 Å². The topological polar surface area (TPSA) is 83.1 Å². The van der Waals surface area contributed by atoms with Crippen LogP contribution in [-0.2, 0) is 37.0 Å². The smallest absolute Gasteiger partial charge is 0.396 e. The second-order valence-electron chi connectivity index (χ2n) is 15.1. The third-order valence-electron chi connectivity index (χ3n) is 3.34. The molecule has 0 aromatic heterocycles. The Hall–Kier alpha value is 1.59. The lowest BCUT2D eigenvalue weighted by Crippen LogP contribution is -2.81. The van der Waals surface area contributed by atoms with Crippen molar-refractivity contribution in [3.63, 3.8) is 0 Å². The predicted octanol–water partition coefficient (Wildman–Crippen LogP) is 6.47. The van der Waals surface area contributed by atoms with E-state index in [0.29, 0.717) is 0 Å². The predicted molar refractivity (Wildman–Crippen MR) is 167 cm³/mol. The van der Waals surface area contributed by atoms with E-state index in [1.807, 2.05) is 0 Å². The first-order valence-corrected chi connectivity index (χ1v) is 38.0. The van der Waals surface area contributed by atoms with E-state index in [2.05, 4.69) is 118 Å². The van der Waals surface area contributed by atoms with Gasteiger partial charge in [-0.2, -0.15) is 0 Å². The van der Waals surface area contributed by atoms with Crippen molar-refractivity contribution in [3.8, 4) is 0 Å². The molecule has 1 saturated heterocycles. The Morgan fingerprint density at radius 3 is 0.472 bits per heavy atom. The third-order valence-corrected chi connectivity index (χ3v) is 30.0. The highest BCUT2D eigenvalue weighted by atomic mass is 28.6. The molecule has 1 aliphatic heterocycles. The minimum atomic E-state index is -3.91. The van der Waals surface area contributed by atoms with Crippen LogP contribution in [0.3, 0.4) is 0 Å². The summed E-state index contributed by atoms with van der Waals surface area (Å²) < 4.78 is 61.2. The Balaban J connectivity index is 4.04. The van der Waals surface area contributed by atoms with Crippen LogP contribution < -0.4 is 0 Å². The second kappa shape index (κ2) is 11.1. The molecule has 1 aliphatic rings. The fourth-order valence-electron chi connectivity index (χ4n) is 3.08. The molecule has 1 fully saturated rings. The largest absolute Gasteiger partial charge is 0.646 e. The van der Waals surface area contributed by atoms with Crippen molar-refractivity contribution in [1.29, 1.82) is 0 Å². The SMILES string of the molecule is C[Si](C)(C)O[Si]1(O[Si](C)(C)C)O[Si](O[Si](C)(C)C)(O[Si](C)(C)C)O[Si](O[Si](C)(C)C)(O[Si](C)(C)C)O1. The average Bonchev–Trinajstić information content (AvgIpc) is 2.30. The summed E-state index contributed by atoms with van der Waals surface area (Å²) in [5.41, 5.74) is 0. The van der Waals surface area contributed by atoms with Crippen LogP contribution in [0.25, 0.3) is 0 Å². The lowest BCUT2D eigenvalue weighted by Gasteiger charge is -2.53. The van der Waals surface area contributed by atoms with E-state index in [-0.39, 0.29) is 0 Å². The Kier molecular flexibility index (Phi) is 11.0. The molecule has 1 rings (SSSR count). The molecule has 0 atom stereocenters. The van der Waals surface area contributed by atoms with Gasteiger partial charge in [0, 0.05) is 0 Å². The zero-order chi connectivity index (χ0) is 28.9. The summed E-state index contributed by atoms with van der Waals surface area (Å²) in [6, 6.07) is 0. The fourth-order valence-corrected chi connectivity index (χ4v) is 34.5. The van der Waals surface area contributed by atoms with Crippen molar-refractivity contribution in [2.45, 2.75) is 118 Å². The molecular formula is C18H54O9Si9. The molecule has 9 nitrogen and oxygen atoms in total. The van der Waals surface area contributed by atoms with Gasteiger partial charge in [-0.3, -0.25) is 0 Å². The molecule has 0 radical (unpaired) electrons. The molecule has 0 saturated carbocycles. The number of rotatable bonds is 12. The minimum absolute atomic E-state index is 2.10. The van der Waals surface area contributed by atoms with Gasteiger partial charge in [0.25, 0.3) is 0 Å². The van der Waals surface area contributed by atoms with Crippen LogP contribution in [0.4, 0.5) is 0 Å². The van der Waals surface area contributed by atoms with Gasteiger partial charge in [0.15, 0.2) is 49.9 Å². The van der Waals surface area contributed by atoms with Crippen molar-refractivity contribution < 1.29 is 37.0 Å². The maximum atomic E-state index is 6.84. The highest BCUT2D eigenvalue weighted by Gasteiger charge is 2.77. The molecule has 0 spiro atoms. The zero-order valence-corrected chi connectivity index (χ0v) is 35.2. The average molecular weight is 667 g/mol. The lowest BCUT2D eigenvalue weighted by atomic mass is 11.8. The highest BCUT2D eigenvalue weighted by molar-refractivity contribution is 6.97.